The van der Waals surface area contributed by atoms with Gasteiger partial charge in [0.1, 0.15) is 6.04 Å². The van der Waals surface area contributed by atoms with Gasteiger partial charge >= 0.3 is 5.97 Å². The molecule has 1 aromatic rings. The second kappa shape index (κ2) is 6.77. The lowest BCUT2D eigenvalue weighted by Gasteiger charge is -2.52. The number of nitrogens with one attached hydrogen (secondary N) is 1. The van der Waals surface area contributed by atoms with Crippen molar-refractivity contribution in [3.8, 4) is 0 Å². The van der Waals surface area contributed by atoms with Crippen molar-refractivity contribution in [2.75, 3.05) is 19.8 Å². The summed E-state index contributed by atoms with van der Waals surface area (Å²) < 4.78 is 11.1. The van der Waals surface area contributed by atoms with Crippen LogP contribution in [0, 0.1) is 11.3 Å². The van der Waals surface area contributed by atoms with Gasteiger partial charge in [-0.2, -0.15) is 0 Å². The maximum atomic E-state index is 12.9. The fourth-order valence-electron chi connectivity index (χ4n) is 4.69. The molecule has 3 atom stereocenters. The van der Waals surface area contributed by atoms with E-state index in [1.165, 1.54) is 11.1 Å². The van der Waals surface area contributed by atoms with Crippen LogP contribution in [0.2, 0.25) is 0 Å². The fourth-order valence-corrected chi connectivity index (χ4v) is 4.69. The Hall–Kier alpha value is -1.91. The number of hydrogen-bond acceptors (Lipinski definition) is 4. The van der Waals surface area contributed by atoms with Gasteiger partial charge in [-0.1, -0.05) is 54.1 Å². The molecule has 4 rings (SSSR count). The number of rotatable bonds is 3. The van der Waals surface area contributed by atoms with Gasteiger partial charge in [-0.3, -0.25) is 10.1 Å². The van der Waals surface area contributed by atoms with Gasteiger partial charge in [-0.25, -0.2) is 0 Å². The Labute approximate surface area is 148 Å². The zero-order valence-corrected chi connectivity index (χ0v) is 14.6. The zero-order valence-electron chi connectivity index (χ0n) is 14.6. The van der Waals surface area contributed by atoms with Crippen molar-refractivity contribution >= 4 is 5.97 Å². The largest absolute Gasteiger partial charge is 0.465 e. The molecule has 0 aromatic heterocycles. The van der Waals surface area contributed by atoms with Gasteiger partial charge in [0, 0.05) is 30.6 Å². The average Bonchev–Trinajstić information content (AvgIpc) is 3.15. The zero-order chi connectivity index (χ0) is 17.3. The summed E-state index contributed by atoms with van der Waals surface area (Å²) >= 11 is 0. The summed E-state index contributed by atoms with van der Waals surface area (Å²) in [6, 6.07) is 10.2. The van der Waals surface area contributed by atoms with Crippen LogP contribution < -0.4 is 5.32 Å². The van der Waals surface area contributed by atoms with E-state index in [0.29, 0.717) is 19.8 Å². The molecule has 2 aliphatic heterocycles. The molecule has 1 spiro atoms. The highest BCUT2D eigenvalue weighted by molar-refractivity contribution is 5.78. The number of piperidine rings is 1. The highest BCUT2D eigenvalue weighted by Gasteiger charge is 2.55. The Morgan fingerprint density at radius 1 is 1.28 bits per heavy atom. The molecule has 0 unspecified atom stereocenters. The molecule has 4 heteroatoms. The minimum Gasteiger partial charge on any atom is -0.465 e. The molecule has 0 amide bonds. The molecule has 1 N–H and O–H groups in total. The quantitative estimate of drug-likeness (QED) is 0.860. The molecule has 3 aliphatic rings. The molecule has 25 heavy (non-hydrogen) atoms. The minimum atomic E-state index is -0.330. The van der Waals surface area contributed by atoms with E-state index in [0.717, 1.165) is 12.8 Å². The third-order valence-corrected chi connectivity index (χ3v) is 5.85. The van der Waals surface area contributed by atoms with Crippen molar-refractivity contribution in [3.05, 3.63) is 59.7 Å². The standard InChI is InChI=1S/C21H25NO3/c1-2-25-20(23)19-21(11-13-24-14-12-21)17-10-6-9-16(17)18(22-19)15-7-4-3-5-8-15/h3-10,16,18-19,22H,2,11-14H2,1H3/t16-,18+,19-/m1/s1. The van der Waals surface area contributed by atoms with Gasteiger partial charge in [-0.15, -0.1) is 0 Å². The predicted octanol–water partition coefficient (Wildman–Crippen LogP) is 3.17. The van der Waals surface area contributed by atoms with Crippen molar-refractivity contribution in [1.82, 2.24) is 5.32 Å². The van der Waals surface area contributed by atoms with Crippen LogP contribution in [-0.4, -0.2) is 31.8 Å². The third-order valence-electron chi connectivity index (χ3n) is 5.85. The van der Waals surface area contributed by atoms with E-state index >= 15 is 0 Å². The first-order chi connectivity index (χ1) is 12.3. The Morgan fingerprint density at radius 3 is 2.76 bits per heavy atom. The molecule has 4 nitrogen and oxygen atoms in total. The summed E-state index contributed by atoms with van der Waals surface area (Å²) in [6.45, 7) is 3.65. The first-order valence-electron chi connectivity index (χ1n) is 9.20. The maximum absolute atomic E-state index is 12.9. The summed E-state index contributed by atoms with van der Waals surface area (Å²) in [4.78, 5) is 12.9. The van der Waals surface area contributed by atoms with E-state index in [1.807, 2.05) is 13.0 Å². The van der Waals surface area contributed by atoms with Crippen LogP contribution in [-0.2, 0) is 14.3 Å². The lowest BCUT2D eigenvalue weighted by Crippen LogP contribution is -2.60. The topological polar surface area (TPSA) is 47.6 Å². The average molecular weight is 339 g/mol. The van der Waals surface area contributed by atoms with E-state index in [2.05, 4.69) is 47.8 Å². The molecule has 0 bridgehead atoms. The first-order valence-corrected chi connectivity index (χ1v) is 9.20. The van der Waals surface area contributed by atoms with Crippen LogP contribution >= 0.6 is 0 Å². The van der Waals surface area contributed by atoms with Crippen molar-refractivity contribution in [2.45, 2.75) is 31.8 Å². The second-order valence-electron chi connectivity index (χ2n) is 7.04. The van der Waals surface area contributed by atoms with Gasteiger partial charge in [0.15, 0.2) is 0 Å². The van der Waals surface area contributed by atoms with Crippen LogP contribution in [0.4, 0.5) is 0 Å². The number of ether oxygens (including phenoxy) is 2. The second-order valence-corrected chi connectivity index (χ2v) is 7.04. The number of esters is 1. The summed E-state index contributed by atoms with van der Waals surface area (Å²) in [5.41, 5.74) is 2.37. The van der Waals surface area contributed by atoms with Crippen LogP contribution in [0.5, 0.6) is 0 Å². The van der Waals surface area contributed by atoms with E-state index in [4.69, 9.17) is 9.47 Å². The molecular weight excluding hydrogens is 314 g/mol. The van der Waals surface area contributed by atoms with Crippen molar-refractivity contribution in [2.24, 2.45) is 11.3 Å². The SMILES string of the molecule is CCOC(=O)[C@H]1N[C@@H](c2ccccc2)[C@@H]2C=CC=C2C12CCOCC2. The smallest absolute Gasteiger partial charge is 0.324 e. The minimum absolute atomic E-state index is 0.0917. The van der Waals surface area contributed by atoms with Crippen LogP contribution in [0.15, 0.2) is 54.1 Å². The molecule has 132 valence electrons. The summed E-state index contributed by atoms with van der Waals surface area (Å²) in [7, 11) is 0. The monoisotopic (exact) mass is 339 g/mol. The van der Waals surface area contributed by atoms with Crippen LogP contribution in [0.3, 0.4) is 0 Å². The highest BCUT2D eigenvalue weighted by atomic mass is 16.5. The Bertz CT molecular complexity index is 688. The summed E-state index contributed by atoms with van der Waals surface area (Å²) in [5.74, 6) is 0.141. The number of benzene rings is 1. The van der Waals surface area contributed by atoms with E-state index in [1.54, 1.807) is 0 Å². The van der Waals surface area contributed by atoms with Gasteiger partial charge in [-0.05, 0) is 25.3 Å². The Kier molecular flexibility index (Phi) is 4.48. The van der Waals surface area contributed by atoms with Gasteiger partial charge in [0.25, 0.3) is 0 Å². The van der Waals surface area contributed by atoms with Crippen molar-refractivity contribution < 1.29 is 14.3 Å². The Balaban J connectivity index is 1.75. The summed E-state index contributed by atoms with van der Waals surface area (Å²) in [5, 5.41) is 3.66. The first kappa shape index (κ1) is 16.6. The van der Waals surface area contributed by atoms with E-state index < -0.39 is 0 Å². The number of fused-ring (bicyclic) bond motifs is 2. The maximum Gasteiger partial charge on any atom is 0.324 e. The lowest BCUT2D eigenvalue weighted by atomic mass is 9.61. The normalized spacial score (nSPS) is 30.0. The van der Waals surface area contributed by atoms with Crippen LogP contribution in [0.25, 0.3) is 0 Å². The highest BCUT2D eigenvalue weighted by Crippen LogP contribution is 2.53. The molecule has 1 aliphatic carbocycles. The molecule has 1 aromatic carbocycles. The van der Waals surface area contributed by atoms with Crippen molar-refractivity contribution in [3.63, 3.8) is 0 Å². The van der Waals surface area contributed by atoms with Gasteiger partial charge < -0.3 is 9.47 Å². The van der Waals surface area contributed by atoms with Crippen molar-refractivity contribution in [1.29, 1.82) is 0 Å². The number of carbonyl (C=O) groups is 1. The third kappa shape index (κ3) is 2.74. The molecule has 0 radical (unpaired) electrons. The van der Waals surface area contributed by atoms with Gasteiger partial charge in [0.05, 0.1) is 6.61 Å². The number of hydrogen-bond donors (Lipinski definition) is 1. The molecule has 2 fully saturated rings. The predicted molar refractivity (Wildman–Crippen MR) is 95.9 cm³/mol. The number of allylic oxidation sites excluding steroid dienone is 2. The molecule has 2 heterocycles. The Morgan fingerprint density at radius 2 is 2.04 bits per heavy atom. The molecule has 2 saturated heterocycles. The number of carbonyl (C=O) groups excluding carboxylic acids is 1. The van der Waals surface area contributed by atoms with Crippen LogP contribution in [0.1, 0.15) is 31.4 Å². The lowest BCUT2D eigenvalue weighted by molar-refractivity contribution is -0.152. The van der Waals surface area contributed by atoms with E-state index in [9.17, 15) is 4.79 Å². The summed E-state index contributed by atoms with van der Waals surface area (Å²) in [6.07, 6.45) is 8.34. The molecular formula is C21H25NO3. The fraction of sp³-hybridized carbons (Fsp3) is 0.476. The molecule has 0 saturated carbocycles. The van der Waals surface area contributed by atoms with E-state index in [-0.39, 0.29) is 29.4 Å². The van der Waals surface area contributed by atoms with Gasteiger partial charge in [0.2, 0.25) is 0 Å².